The van der Waals surface area contributed by atoms with Gasteiger partial charge in [-0.3, -0.25) is 9.58 Å². The number of halogens is 1. The smallest absolute Gasteiger partial charge is 0.142 e. The van der Waals surface area contributed by atoms with Crippen molar-refractivity contribution in [3.8, 4) is 11.3 Å². The standard InChI is InChI=1S/C20H24ClN5O/c21-15-3-12(6-23-20(15)22)16-5-18(26(24-16)7-11-1-2-11)19-13-4-17(19)25(8-13)14-9-27-10-14/h3,5-6,11,13-14,17,19H,1-2,4,7-10H2,(H2,22,23)/t13-,17?,19?/m0/s1. The topological polar surface area (TPSA) is 69.2 Å². The van der Waals surface area contributed by atoms with Crippen LogP contribution in [0.3, 0.4) is 0 Å². The van der Waals surface area contributed by atoms with E-state index in [1.807, 2.05) is 6.07 Å². The molecule has 3 atom stereocenters. The molecule has 6 nitrogen and oxygen atoms in total. The van der Waals surface area contributed by atoms with Crippen LogP contribution in [-0.2, 0) is 11.3 Å². The number of nitrogens with zero attached hydrogens (tertiary/aromatic N) is 4. The summed E-state index contributed by atoms with van der Waals surface area (Å²) < 4.78 is 7.71. The zero-order valence-corrected chi connectivity index (χ0v) is 16.0. The first-order chi connectivity index (χ1) is 13.2. The van der Waals surface area contributed by atoms with E-state index >= 15 is 0 Å². The number of pyridine rings is 1. The number of anilines is 1. The summed E-state index contributed by atoms with van der Waals surface area (Å²) in [6.45, 7) is 4.05. The van der Waals surface area contributed by atoms with Gasteiger partial charge in [0.15, 0.2) is 0 Å². The van der Waals surface area contributed by atoms with Crippen LogP contribution in [0, 0.1) is 11.8 Å². The second-order valence-corrected chi connectivity index (χ2v) is 9.06. The summed E-state index contributed by atoms with van der Waals surface area (Å²) in [6, 6.07) is 5.44. The number of rotatable bonds is 5. The lowest BCUT2D eigenvalue weighted by Gasteiger charge is -2.41. The first-order valence-corrected chi connectivity index (χ1v) is 10.4. The van der Waals surface area contributed by atoms with E-state index in [-0.39, 0.29) is 0 Å². The maximum atomic E-state index is 6.20. The molecule has 3 aliphatic heterocycles. The lowest BCUT2D eigenvalue weighted by atomic mass is 9.71. The Morgan fingerprint density at radius 2 is 2.11 bits per heavy atom. The minimum atomic E-state index is 0.369. The van der Waals surface area contributed by atoms with E-state index < -0.39 is 0 Å². The van der Waals surface area contributed by atoms with Crippen molar-refractivity contribution in [1.82, 2.24) is 19.7 Å². The van der Waals surface area contributed by atoms with Crippen LogP contribution >= 0.6 is 11.6 Å². The van der Waals surface area contributed by atoms with Crippen LogP contribution < -0.4 is 5.73 Å². The molecule has 7 rings (SSSR count). The van der Waals surface area contributed by atoms with Gasteiger partial charge in [0.2, 0.25) is 0 Å². The van der Waals surface area contributed by atoms with Crippen molar-refractivity contribution in [2.24, 2.45) is 11.8 Å². The molecule has 2 bridgehead atoms. The Hall–Kier alpha value is -1.63. The highest BCUT2D eigenvalue weighted by atomic mass is 35.5. The molecule has 0 spiro atoms. The molecule has 3 saturated heterocycles. The average molecular weight is 386 g/mol. The number of hydrogen-bond acceptors (Lipinski definition) is 5. The van der Waals surface area contributed by atoms with Crippen molar-refractivity contribution >= 4 is 17.4 Å². The Balaban J connectivity index is 1.34. The summed E-state index contributed by atoms with van der Waals surface area (Å²) in [5, 5.41) is 5.46. The van der Waals surface area contributed by atoms with Gasteiger partial charge >= 0.3 is 0 Å². The second-order valence-electron chi connectivity index (χ2n) is 8.65. The highest BCUT2D eigenvalue weighted by Crippen LogP contribution is 2.54. The molecule has 2 aliphatic carbocycles. The third kappa shape index (κ3) is 2.61. The lowest BCUT2D eigenvalue weighted by molar-refractivity contribution is -0.0671. The van der Waals surface area contributed by atoms with E-state index in [0.29, 0.717) is 28.8 Å². The summed E-state index contributed by atoms with van der Waals surface area (Å²) in [6.07, 6.45) is 5.75. The van der Waals surface area contributed by atoms with Gasteiger partial charge in [-0.2, -0.15) is 5.10 Å². The average Bonchev–Trinajstić information content (AvgIpc) is 3.00. The van der Waals surface area contributed by atoms with Crippen LogP contribution in [-0.4, -0.2) is 51.5 Å². The predicted octanol–water partition coefficient (Wildman–Crippen LogP) is 2.78. The minimum Gasteiger partial charge on any atom is -0.382 e. The number of nitrogen functional groups attached to an aromatic ring is 1. The summed E-state index contributed by atoms with van der Waals surface area (Å²) in [5.41, 5.74) is 9.08. The van der Waals surface area contributed by atoms with Gasteiger partial charge in [0.25, 0.3) is 0 Å². The molecule has 7 heteroatoms. The van der Waals surface area contributed by atoms with Gasteiger partial charge in [0, 0.05) is 42.5 Å². The van der Waals surface area contributed by atoms with E-state index in [4.69, 9.17) is 27.2 Å². The van der Waals surface area contributed by atoms with Crippen LogP contribution in [0.1, 0.15) is 30.9 Å². The molecule has 0 radical (unpaired) electrons. The summed E-state index contributed by atoms with van der Waals surface area (Å²) >= 11 is 6.20. The van der Waals surface area contributed by atoms with Crippen LogP contribution in [0.4, 0.5) is 5.82 Å². The third-order valence-electron chi connectivity index (χ3n) is 6.87. The molecule has 2 saturated carbocycles. The fraction of sp³-hybridized carbons (Fsp3) is 0.600. The Morgan fingerprint density at radius 3 is 2.81 bits per heavy atom. The molecule has 2 N–H and O–H groups in total. The lowest BCUT2D eigenvalue weighted by Crippen LogP contribution is -2.51. The molecule has 5 aliphatic rings. The molecule has 0 amide bonds. The summed E-state index contributed by atoms with van der Waals surface area (Å²) in [5.74, 6) is 2.51. The van der Waals surface area contributed by atoms with Gasteiger partial charge < -0.3 is 10.5 Å². The van der Waals surface area contributed by atoms with Crippen molar-refractivity contribution in [3.05, 3.63) is 29.0 Å². The summed E-state index contributed by atoms with van der Waals surface area (Å²) in [7, 11) is 0. The highest BCUT2D eigenvalue weighted by Gasteiger charge is 2.56. The molecule has 27 heavy (non-hydrogen) atoms. The molecule has 2 aromatic rings. The molecule has 5 heterocycles. The van der Waals surface area contributed by atoms with Crippen molar-refractivity contribution in [3.63, 3.8) is 0 Å². The maximum Gasteiger partial charge on any atom is 0.142 e. The molecule has 2 aromatic heterocycles. The second kappa shape index (κ2) is 5.93. The number of aromatic nitrogens is 3. The predicted molar refractivity (Wildman–Crippen MR) is 104 cm³/mol. The number of nitrogens with two attached hydrogens (primary N) is 1. The Bertz CT molecular complexity index is 890. The molecule has 0 aromatic carbocycles. The Kier molecular flexibility index (Phi) is 3.59. The Labute approximate surface area is 163 Å². The zero-order valence-electron chi connectivity index (χ0n) is 15.2. The number of fused-ring (bicyclic) bond motifs is 1. The molecule has 5 fully saturated rings. The molecular weight excluding hydrogens is 362 g/mol. The normalized spacial score (nSPS) is 30.3. The first kappa shape index (κ1) is 16.3. The van der Waals surface area contributed by atoms with Gasteiger partial charge in [-0.05, 0) is 43.2 Å². The van der Waals surface area contributed by atoms with Crippen LogP contribution in [0.5, 0.6) is 0 Å². The van der Waals surface area contributed by atoms with Gasteiger partial charge in [0.1, 0.15) is 5.82 Å². The Morgan fingerprint density at radius 1 is 1.26 bits per heavy atom. The fourth-order valence-electron chi connectivity index (χ4n) is 5.05. The summed E-state index contributed by atoms with van der Waals surface area (Å²) in [4.78, 5) is 6.91. The highest BCUT2D eigenvalue weighted by molar-refractivity contribution is 6.33. The van der Waals surface area contributed by atoms with E-state index in [1.54, 1.807) is 6.20 Å². The van der Waals surface area contributed by atoms with Crippen LogP contribution in [0.25, 0.3) is 11.3 Å². The SMILES string of the molecule is Nc1ncc(-c2cc(C3C4C[C@H]3CN4C3COC3)n(CC3CC3)n2)cc1Cl. The van der Waals surface area contributed by atoms with Crippen molar-refractivity contribution in [2.45, 2.75) is 43.8 Å². The zero-order chi connectivity index (χ0) is 18.1. The van der Waals surface area contributed by atoms with Crippen molar-refractivity contribution < 1.29 is 4.74 Å². The molecule has 2 unspecified atom stereocenters. The van der Waals surface area contributed by atoms with E-state index in [1.165, 1.54) is 31.5 Å². The fourth-order valence-corrected chi connectivity index (χ4v) is 5.22. The number of hydrogen-bond donors (Lipinski definition) is 1. The third-order valence-corrected chi connectivity index (χ3v) is 7.18. The van der Waals surface area contributed by atoms with Gasteiger partial charge in [-0.25, -0.2) is 4.98 Å². The van der Waals surface area contributed by atoms with E-state index in [0.717, 1.165) is 42.9 Å². The molecule has 142 valence electrons. The van der Waals surface area contributed by atoms with E-state index in [9.17, 15) is 0 Å². The maximum absolute atomic E-state index is 6.20. The first-order valence-electron chi connectivity index (χ1n) is 10.00. The van der Waals surface area contributed by atoms with Gasteiger partial charge in [-0.15, -0.1) is 0 Å². The monoisotopic (exact) mass is 385 g/mol. The van der Waals surface area contributed by atoms with Crippen LogP contribution in [0.15, 0.2) is 18.3 Å². The van der Waals surface area contributed by atoms with Crippen molar-refractivity contribution in [2.75, 3.05) is 25.5 Å². The number of ether oxygens (including phenoxy) is 1. The largest absolute Gasteiger partial charge is 0.382 e. The van der Waals surface area contributed by atoms with Gasteiger partial charge in [-0.1, -0.05) is 11.6 Å². The molecular formula is C20H24ClN5O. The van der Waals surface area contributed by atoms with Crippen molar-refractivity contribution in [1.29, 1.82) is 0 Å². The van der Waals surface area contributed by atoms with Crippen LogP contribution in [0.2, 0.25) is 5.02 Å². The quantitative estimate of drug-likeness (QED) is 0.857. The van der Waals surface area contributed by atoms with Gasteiger partial charge in [0.05, 0.1) is 30.0 Å². The van der Waals surface area contributed by atoms with E-state index in [2.05, 4.69) is 20.6 Å². The minimum absolute atomic E-state index is 0.369.